The van der Waals surface area contributed by atoms with Crippen LogP contribution in [0.25, 0.3) is 33.0 Å². The summed E-state index contributed by atoms with van der Waals surface area (Å²) in [6.07, 6.45) is 2.87. The molecular weight excluding hydrogens is 491 g/mol. The first-order valence-corrected chi connectivity index (χ1v) is 13.4. The molecule has 1 N–H and O–H groups in total. The van der Waals surface area contributed by atoms with Crippen LogP contribution in [0.15, 0.2) is 91.0 Å². The summed E-state index contributed by atoms with van der Waals surface area (Å²) in [5.74, 6) is 0.250. The molecule has 4 rings (SSSR count). The Bertz CT molecular complexity index is 1430. The lowest BCUT2D eigenvalue weighted by Gasteiger charge is -2.14. The van der Waals surface area contributed by atoms with Gasteiger partial charge >= 0.3 is 5.97 Å². The molecule has 4 aromatic carbocycles. The predicted octanol–water partition coefficient (Wildman–Crippen LogP) is 7.50. The number of aryl methyl sites for hydroxylation is 1. The van der Waals surface area contributed by atoms with E-state index in [1.54, 1.807) is 6.92 Å². The van der Waals surface area contributed by atoms with Crippen molar-refractivity contribution in [3.63, 3.8) is 0 Å². The Labute approximate surface area is 229 Å². The van der Waals surface area contributed by atoms with Crippen molar-refractivity contribution in [3.8, 4) is 28.0 Å². The topological polar surface area (TPSA) is 55.8 Å². The zero-order chi connectivity index (χ0) is 27.6. The molecule has 0 radical (unpaired) electrons. The summed E-state index contributed by atoms with van der Waals surface area (Å²) in [6.45, 7) is 5.31. The lowest BCUT2D eigenvalue weighted by Crippen LogP contribution is -2.10. The van der Waals surface area contributed by atoms with Gasteiger partial charge < -0.3 is 14.6 Å². The van der Waals surface area contributed by atoms with Crippen LogP contribution in [-0.2, 0) is 22.4 Å². The van der Waals surface area contributed by atoms with Crippen LogP contribution < -0.4 is 4.74 Å². The molecule has 0 saturated heterocycles. The number of alkyl halides is 1. The molecule has 4 nitrogen and oxygen atoms in total. The summed E-state index contributed by atoms with van der Waals surface area (Å²) in [5.41, 5.74) is 6.91. The van der Waals surface area contributed by atoms with E-state index in [9.17, 15) is 14.3 Å². The number of aliphatic hydroxyl groups is 1. The van der Waals surface area contributed by atoms with Gasteiger partial charge in [0, 0.05) is 12.0 Å². The number of carbonyl (C=O) groups is 1. The van der Waals surface area contributed by atoms with Crippen LogP contribution in [0.4, 0.5) is 4.39 Å². The minimum absolute atomic E-state index is 0.0803. The number of ether oxygens (including phenoxy) is 2. The summed E-state index contributed by atoms with van der Waals surface area (Å²) >= 11 is 0. The smallest absolute Gasteiger partial charge is 0.333 e. The largest absolute Gasteiger partial charge is 0.491 e. The fraction of sp³-hybridized carbons (Fsp3) is 0.265. The molecule has 39 heavy (non-hydrogen) atoms. The highest BCUT2D eigenvalue weighted by atomic mass is 19.1. The highest BCUT2D eigenvalue weighted by Gasteiger charge is 2.10. The quantitative estimate of drug-likeness (QED) is 0.111. The highest BCUT2D eigenvalue weighted by molar-refractivity contribution is 5.91. The molecular formula is C34H35FO4. The van der Waals surface area contributed by atoms with E-state index in [4.69, 9.17) is 9.47 Å². The van der Waals surface area contributed by atoms with Gasteiger partial charge in [0.25, 0.3) is 0 Å². The number of hydrogen-bond acceptors (Lipinski definition) is 4. The molecule has 0 heterocycles. The van der Waals surface area contributed by atoms with Crippen LogP contribution in [-0.4, -0.2) is 37.6 Å². The normalized spacial score (nSPS) is 10.9. The van der Waals surface area contributed by atoms with E-state index in [0.717, 1.165) is 51.4 Å². The second-order valence-electron chi connectivity index (χ2n) is 9.68. The summed E-state index contributed by atoms with van der Waals surface area (Å²) in [4.78, 5) is 11.8. The van der Waals surface area contributed by atoms with E-state index in [1.165, 1.54) is 5.56 Å². The van der Waals surface area contributed by atoms with E-state index in [0.29, 0.717) is 24.2 Å². The van der Waals surface area contributed by atoms with Gasteiger partial charge in [-0.15, -0.1) is 0 Å². The average molecular weight is 527 g/mol. The molecule has 5 heteroatoms. The van der Waals surface area contributed by atoms with Crippen molar-refractivity contribution < 1.29 is 23.8 Å². The lowest BCUT2D eigenvalue weighted by atomic mass is 9.96. The number of unbranched alkanes of at least 4 members (excludes halogenated alkanes) is 1. The number of rotatable bonds is 13. The van der Waals surface area contributed by atoms with Crippen LogP contribution in [0.2, 0.25) is 0 Å². The van der Waals surface area contributed by atoms with Crippen molar-refractivity contribution >= 4 is 16.7 Å². The zero-order valence-electron chi connectivity index (χ0n) is 22.4. The van der Waals surface area contributed by atoms with E-state index in [2.05, 4.69) is 67.2 Å². The van der Waals surface area contributed by atoms with Gasteiger partial charge in [-0.05, 0) is 94.6 Å². The summed E-state index contributed by atoms with van der Waals surface area (Å²) in [7, 11) is 0. The van der Waals surface area contributed by atoms with Crippen molar-refractivity contribution in [2.45, 2.75) is 32.6 Å². The molecule has 202 valence electrons. The number of esters is 1. The first-order valence-electron chi connectivity index (χ1n) is 13.4. The number of carbonyl (C=O) groups excluding carboxylic acids is 1. The van der Waals surface area contributed by atoms with Crippen LogP contribution in [0.1, 0.15) is 30.9 Å². The van der Waals surface area contributed by atoms with Crippen LogP contribution >= 0.6 is 0 Å². The number of halogens is 1. The molecule has 0 bridgehead atoms. The van der Waals surface area contributed by atoms with Gasteiger partial charge in [0.1, 0.15) is 12.4 Å². The van der Waals surface area contributed by atoms with Crippen LogP contribution in [0, 0.1) is 0 Å². The minimum atomic E-state index is -0.414. The van der Waals surface area contributed by atoms with Gasteiger partial charge in [-0.3, -0.25) is 4.39 Å². The number of benzene rings is 4. The maximum atomic E-state index is 12.4. The molecule has 0 aliphatic rings. The van der Waals surface area contributed by atoms with Gasteiger partial charge in [-0.2, -0.15) is 0 Å². The Balaban J connectivity index is 1.54. The Hall–Kier alpha value is -3.96. The fourth-order valence-electron chi connectivity index (χ4n) is 4.52. The summed E-state index contributed by atoms with van der Waals surface area (Å²) < 4.78 is 23.4. The van der Waals surface area contributed by atoms with Crippen molar-refractivity contribution in [1.29, 1.82) is 0 Å². The minimum Gasteiger partial charge on any atom is -0.491 e. The Kier molecular flexibility index (Phi) is 9.87. The number of hydrogen-bond donors (Lipinski definition) is 1. The monoisotopic (exact) mass is 526 g/mol. The van der Waals surface area contributed by atoms with Crippen molar-refractivity contribution in [2.24, 2.45) is 0 Å². The lowest BCUT2D eigenvalue weighted by molar-refractivity contribution is -0.138. The highest BCUT2D eigenvalue weighted by Crippen LogP contribution is 2.31. The third kappa shape index (κ3) is 7.55. The first kappa shape index (κ1) is 28.1. The maximum Gasteiger partial charge on any atom is 0.333 e. The van der Waals surface area contributed by atoms with Crippen molar-refractivity contribution in [3.05, 3.63) is 102 Å². The first-order chi connectivity index (χ1) is 19.0. The molecule has 0 aliphatic carbocycles. The molecule has 0 saturated carbocycles. The second-order valence-corrected chi connectivity index (χ2v) is 9.68. The van der Waals surface area contributed by atoms with Gasteiger partial charge in [-0.1, -0.05) is 61.2 Å². The standard InChI is InChI=1S/C34H35FO4/c1-24(2)34(37)39-19-16-32-23-31(14-15-33(32)38-20-18-36)30-13-12-28-21-27(10-11-29(28)22-30)26-8-6-25(7-9-26)5-3-4-17-35/h6-15,21-23,36H,1,3-5,16-20H2,2H3. The fourth-order valence-corrected chi connectivity index (χ4v) is 4.52. The summed E-state index contributed by atoms with van der Waals surface area (Å²) in [6, 6.07) is 27.4. The zero-order valence-corrected chi connectivity index (χ0v) is 22.4. The number of fused-ring (bicyclic) bond motifs is 1. The molecule has 0 aromatic heterocycles. The SMILES string of the molecule is C=C(C)C(=O)OCCc1cc(-c2ccc3cc(-c4ccc(CCCCF)cc4)ccc3c2)ccc1OCCO. The Morgan fingerprint density at radius 2 is 1.41 bits per heavy atom. The van der Waals surface area contributed by atoms with Crippen molar-refractivity contribution in [1.82, 2.24) is 0 Å². The summed E-state index contributed by atoms with van der Waals surface area (Å²) in [5, 5.41) is 11.5. The van der Waals surface area contributed by atoms with Crippen molar-refractivity contribution in [2.75, 3.05) is 26.5 Å². The molecule has 0 atom stereocenters. The van der Waals surface area contributed by atoms with E-state index in [1.807, 2.05) is 18.2 Å². The predicted molar refractivity (Wildman–Crippen MR) is 156 cm³/mol. The Morgan fingerprint density at radius 1 is 0.795 bits per heavy atom. The van der Waals surface area contributed by atoms with Gasteiger partial charge in [0.15, 0.2) is 0 Å². The second kappa shape index (κ2) is 13.7. The third-order valence-electron chi connectivity index (χ3n) is 6.67. The van der Waals surface area contributed by atoms with Gasteiger partial charge in [0.05, 0.1) is 19.9 Å². The van der Waals surface area contributed by atoms with Gasteiger partial charge in [-0.25, -0.2) is 4.79 Å². The van der Waals surface area contributed by atoms with Crippen LogP contribution in [0.3, 0.4) is 0 Å². The molecule has 0 aliphatic heterocycles. The molecule has 0 spiro atoms. The van der Waals surface area contributed by atoms with Gasteiger partial charge in [0.2, 0.25) is 0 Å². The van der Waals surface area contributed by atoms with E-state index >= 15 is 0 Å². The molecule has 4 aromatic rings. The average Bonchev–Trinajstić information content (AvgIpc) is 2.96. The van der Waals surface area contributed by atoms with E-state index < -0.39 is 5.97 Å². The third-order valence-corrected chi connectivity index (χ3v) is 6.67. The van der Waals surface area contributed by atoms with E-state index in [-0.39, 0.29) is 26.5 Å². The van der Waals surface area contributed by atoms with Crippen LogP contribution in [0.5, 0.6) is 5.75 Å². The Morgan fingerprint density at radius 3 is 2.05 bits per heavy atom. The molecule has 0 unspecified atom stereocenters. The molecule has 0 amide bonds. The maximum absolute atomic E-state index is 12.4. The number of aliphatic hydroxyl groups excluding tert-OH is 1. The molecule has 0 fully saturated rings.